The Kier molecular flexibility index (Phi) is 5.68. The second kappa shape index (κ2) is 9.04. The van der Waals surface area contributed by atoms with Crippen molar-refractivity contribution in [1.29, 1.82) is 0 Å². The lowest BCUT2D eigenvalue weighted by Crippen LogP contribution is -2.63. The molecule has 184 valence electrons. The lowest BCUT2D eigenvalue weighted by molar-refractivity contribution is -0.0854. The zero-order valence-electron chi connectivity index (χ0n) is 20.8. The average molecular weight is 489 g/mol. The highest BCUT2D eigenvalue weighted by atomic mass is 16.6. The van der Waals surface area contributed by atoms with Gasteiger partial charge in [0, 0.05) is 0 Å². The molecule has 2 bridgehead atoms. The van der Waals surface area contributed by atoms with E-state index in [0.717, 1.165) is 22.3 Å². The molecule has 2 unspecified atom stereocenters. The van der Waals surface area contributed by atoms with E-state index in [0.29, 0.717) is 11.1 Å². The van der Waals surface area contributed by atoms with Crippen LogP contribution in [0.25, 0.3) is 0 Å². The van der Waals surface area contributed by atoms with Crippen molar-refractivity contribution >= 4 is 11.9 Å². The van der Waals surface area contributed by atoms with Gasteiger partial charge in [-0.2, -0.15) is 0 Å². The first kappa shape index (κ1) is 23.2. The molecule has 37 heavy (non-hydrogen) atoms. The minimum atomic E-state index is -0.706. The van der Waals surface area contributed by atoms with Gasteiger partial charge in [-0.3, -0.25) is 0 Å². The number of hydrogen-bond donors (Lipinski definition) is 0. The molecule has 0 amide bonds. The quantitative estimate of drug-likeness (QED) is 0.299. The van der Waals surface area contributed by atoms with Crippen LogP contribution in [0.4, 0.5) is 0 Å². The molecule has 4 aromatic rings. The SMILES string of the molecule is CC(C)C12c3ccccc3C(c3ccccc31)C(OC(=O)c1ccccc1)C2OC(=O)c1ccccc1. The van der Waals surface area contributed by atoms with Gasteiger partial charge in [-0.15, -0.1) is 0 Å². The number of hydrogen-bond acceptors (Lipinski definition) is 4. The van der Waals surface area contributed by atoms with Crippen molar-refractivity contribution in [2.45, 2.75) is 37.4 Å². The van der Waals surface area contributed by atoms with Crippen LogP contribution in [0.15, 0.2) is 109 Å². The van der Waals surface area contributed by atoms with Gasteiger partial charge in [-0.05, 0) is 52.4 Å². The molecule has 4 aromatic carbocycles. The van der Waals surface area contributed by atoms with Gasteiger partial charge >= 0.3 is 11.9 Å². The molecule has 3 aliphatic carbocycles. The summed E-state index contributed by atoms with van der Waals surface area (Å²) in [6.07, 6.45) is -1.39. The molecule has 0 aliphatic heterocycles. The molecule has 0 radical (unpaired) electrons. The summed E-state index contributed by atoms with van der Waals surface area (Å²) in [6, 6.07) is 34.6. The number of fused-ring (bicyclic) bond motifs is 1. The predicted molar refractivity (Wildman–Crippen MR) is 142 cm³/mol. The van der Waals surface area contributed by atoms with Crippen molar-refractivity contribution in [3.05, 3.63) is 143 Å². The Bertz CT molecular complexity index is 1410. The van der Waals surface area contributed by atoms with Crippen molar-refractivity contribution in [1.82, 2.24) is 0 Å². The van der Waals surface area contributed by atoms with Gasteiger partial charge in [0.2, 0.25) is 0 Å². The van der Waals surface area contributed by atoms with Crippen LogP contribution in [-0.4, -0.2) is 24.1 Å². The molecule has 0 saturated heterocycles. The molecule has 7 rings (SSSR count). The third kappa shape index (κ3) is 3.51. The van der Waals surface area contributed by atoms with E-state index in [4.69, 9.17) is 9.47 Å². The van der Waals surface area contributed by atoms with Crippen LogP contribution in [0.5, 0.6) is 0 Å². The van der Waals surface area contributed by atoms with Crippen LogP contribution in [0, 0.1) is 5.92 Å². The van der Waals surface area contributed by atoms with E-state index in [2.05, 4.69) is 38.1 Å². The van der Waals surface area contributed by atoms with E-state index in [1.165, 1.54) is 0 Å². The number of ether oxygens (including phenoxy) is 2. The lowest BCUT2D eigenvalue weighted by Gasteiger charge is -2.58. The molecule has 0 heterocycles. The normalized spacial score (nSPS) is 23.2. The van der Waals surface area contributed by atoms with E-state index in [1.54, 1.807) is 24.3 Å². The fourth-order valence-corrected chi connectivity index (χ4v) is 6.46. The van der Waals surface area contributed by atoms with Crippen LogP contribution >= 0.6 is 0 Å². The highest BCUT2D eigenvalue weighted by Gasteiger charge is 2.63. The monoisotopic (exact) mass is 488 g/mol. The molecule has 0 fully saturated rings. The van der Waals surface area contributed by atoms with Crippen molar-refractivity contribution in [2.24, 2.45) is 5.92 Å². The molecule has 4 heteroatoms. The molecule has 0 aromatic heterocycles. The molecular weight excluding hydrogens is 460 g/mol. The molecule has 0 saturated carbocycles. The zero-order chi connectivity index (χ0) is 25.6. The Balaban J connectivity index is 1.56. The Hall–Kier alpha value is -4.18. The van der Waals surface area contributed by atoms with Gasteiger partial charge in [-0.1, -0.05) is 98.8 Å². The maximum absolute atomic E-state index is 13.5. The summed E-state index contributed by atoms with van der Waals surface area (Å²) >= 11 is 0. The molecule has 3 aliphatic rings. The van der Waals surface area contributed by atoms with Crippen molar-refractivity contribution < 1.29 is 19.1 Å². The van der Waals surface area contributed by atoms with Crippen LogP contribution in [0.1, 0.15) is 62.7 Å². The largest absolute Gasteiger partial charge is 0.454 e. The Morgan fingerprint density at radius 1 is 0.622 bits per heavy atom. The number of benzene rings is 4. The van der Waals surface area contributed by atoms with Gasteiger partial charge in [0.15, 0.2) is 12.2 Å². The van der Waals surface area contributed by atoms with E-state index < -0.39 is 29.6 Å². The maximum Gasteiger partial charge on any atom is 0.338 e. The maximum atomic E-state index is 13.5. The fraction of sp³-hybridized carbons (Fsp3) is 0.212. The fourth-order valence-electron chi connectivity index (χ4n) is 6.46. The first-order valence-electron chi connectivity index (χ1n) is 12.7. The molecule has 2 atom stereocenters. The van der Waals surface area contributed by atoms with Crippen LogP contribution in [0.3, 0.4) is 0 Å². The average Bonchev–Trinajstić information content (AvgIpc) is 2.94. The summed E-state index contributed by atoms with van der Waals surface area (Å²) < 4.78 is 12.8. The highest BCUT2D eigenvalue weighted by molar-refractivity contribution is 5.91. The Labute approximate surface area is 216 Å². The number of esters is 2. The first-order valence-corrected chi connectivity index (χ1v) is 12.7. The number of carbonyl (C=O) groups excluding carboxylic acids is 2. The van der Waals surface area contributed by atoms with Crippen molar-refractivity contribution in [3.63, 3.8) is 0 Å². The second-order valence-electron chi connectivity index (χ2n) is 10.1. The molecular formula is C33H28O4. The van der Waals surface area contributed by atoms with Gasteiger partial charge in [0.1, 0.15) is 0 Å². The molecule has 0 N–H and O–H groups in total. The van der Waals surface area contributed by atoms with E-state index in [9.17, 15) is 9.59 Å². The molecule has 0 spiro atoms. The van der Waals surface area contributed by atoms with E-state index in [1.807, 2.05) is 60.7 Å². The van der Waals surface area contributed by atoms with Crippen molar-refractivity contribution in [2.75, 3.05) is 0 Å². The zero-order valence-corrected chi connectivity index (χ0v) is 20.8. The summed E-state index contributed by atoms with van der Waals surface area (Å²) in [5.74, 6) is -1.06. The predicted octanol–water partition coefficient (Wildman–Crippen LogP) is 6.54. The summed E-state index contributed by atoms with van der Waals surface area (Å²) in [6.45, 7) is 4.30. The van der Waals surface area contributed by atoms with E-state index >= 15 is 0 Å². The van der Waals surface area contributed by atoms with Crippen LogP contribution in [-0.2, 0) is 14.9 Å². The number of rotatable bonds is 5. The summed E-state index contributed by atoms with van der Waals surface area (Å²) in [7, 11) is 0. The van der Waals surface area contributed by atoms with Gasteiger partial charge in [-0.25, -0.2) is 9.59 Å². The van der Waals surface area contributed by atoms with E-state index in [-0.39, 0.29) is 11.8 Å². The second-order valence-corrected chi connectivity index (χ2v) is 10.1. The summed E-state index contributed by atoms with van der Waals surface area (Å²) in [4.78, 5) is 26.9. The Morgan fingerprint density at radius 2 is 1.05 bits per heavy atom. The third-order valence-corrected chi connectivity index (χ3v) is 7.97. The smallest absolute Gasteiger partial charge is 0.338 e. The highest BCUT2D eigenvalue weighted by Crippen LogP contribution is 2.61. The summed E-state index contributed by atoms with van der Waals surface area (Å²) in [5, 5.41) is 0. The minimum Gasteiger partial charge on any atom is -0.454 e. The topological polar surface area (TPSA) is 52.6 Å². The number of carbonyl (C=O) groups is 2. The van der Waals surface area contributed by atoms with Gasteiger partial charge in [0.05, 0.1) is 22.5 Å². The molecule has 4 nitrogen and oxygen atoms in total. The third-order valence-electron chi connectivity index (χ3n) is 7.97. The summed E-state index contributed by atoms with van der Waals surface area (Å²) in [5.41, 5.74) is 4.75. The Morgan fingerprint density at radius 3 is 1.54 bits per heavy atom. The van der Waals surface area contributed by atoms with Crippen LogP contribution in [0.2, 0.25) is 0 Å². The van der Waals surface area contributed by atoms with Gasteiger partial charge < -0.3 is 9.47 Å². The van der Waals surface area contributed by atoms with Crippen molar-refractivity contribution in [3.8, 4) is 0 Å². The lowest BCUT2D eigenvalue weighted by atomic mass is 9.49. The standard InChI is InChI=1S/C33H28O4/c1-21(2)33-26-19-11-9-17-24(26)28(25-18-10-12-20-27(25)33)29(36-31(34)22-13-5-3-6-14-22)30(33)37-32(35)23-15-7-4-8-16-23/h3-21,28-30H,1-2H3. The van der Waals surface area contributed by atoms with Gasteiger partial charge in [0.25, 0.3) is 0 Å². The first-order chi connectivity index (χ1) is 18.0. The van der Waals surface area contributed by atoms with Crippen LogP contribution < -0.4 is 0 Å². The minimum absolute atomic E-state index is 0.0440.